The average Bonchev–Trinajstić information content (AvgIpc) is 3.05. The van der Waals surface area contributed by atoms with Gasteiger partial charge < -0.3 is 10.6 Å². The number of halogens is 1. The molecular weight excluding hydrogens is 356 g/mol. The molecule has 2 aliphatic rings. The number of carbonyl (C=O) groups excluding carboxylic acids is 1. The summed E-state index contributed by atoms with van der Waals surface area (Å²) < 4.78 is 0.935. The lowest BCUT2D eigenvalue weighted by Gasteiger charge is -2.37. The predicted molar refractivity (Wildman–Crippen MR) is 96.8 cm³/mol. The normalized spacial score (nSPS) is 23.1. The molecule has 23 heavy (non-hydrogen) atoms. The minimum absolute atomic E-state index is 0.0607. The maximum Gasteiger partial charge on any atom is 0.238 e. The molecule has 2 aliphatic heterocycles. The number of carbonyl (C=O) groups is 1. The first-order valence-corrected chi connectivity index (χ1v) is 9.14. The number of aryl methyl sites for hydroxylation is 1. The Morgan fingerprint density at radius 2 is 2.13 bits per heavy atom. The molecule has 0 aromatic heterocycles. The Morgan fingerprint density at radius 3 is 2.78 bits per heavy atom. The van der Waals surface area contributed by atoms with Crippen molar-refractivity contribution in [2.45, 2.75) is 19.4 Å². The number of amides is 1. The van der Waals surface area contributed by atoms with E-state index in [9.17, 15) is 4.79 Å². The molecule has 5 nitrogen and oxygen atoms in total. The summed E-state index contributed by atoms with van der Waals surface area (Å²) in [5, 5.41) is 6.43. The molecule has 0 radical (unpaired) electrons. The average molecular weight is 381 g/mol. The minimum Gasteiger partial charge on any atom is -0.324 e. The van der Waals surface area contributed by atoms with E-state index in [1.165, 1.54) is 12.0 Å². The molecule has 2 heterocycles. The molecule has 1 aromatic carbocycles. The Hall–Kier alpha value is -0.950. The van der Waals surface area contributed by atoms with Crippen molar-refractivity contribution in [3.63, 3.8) is 0 Å². The van der Waals surface area contributed by atoms with Crippen LogP contribution in [0.4, 0.5) is 5.69 Å². The highest BCUT2D eigenvalue weighted by molar-refractivity contribution is 9.10. The second kappa shape index (κ2) is 7.75. The molecule has 1 atom stereocenters. The van der Waals surface area contributed by atoms with Crippen molar-refractivity contribution in [3.8, 4) is 0 Å². The van der Waals surface area contributed by atoms with Crippen LogP contribution in [0.15, 0.2) is 22.7 Å². The van der Waals surface area contributed by atoms with E-state index >= 15 is 0 Å². The van der Waals surface area contributed by atoms with Gasteiger partial charge in [0.2, 0.25) is 5.91 Å². The Kier molecular flexibility index (Phi) is 5.69. The molecular formula is C17H25BrN4O. The van der Waals surface area contributed by atoms with Gasteiger partial charge in [-0.2, -0.15) is 0 Å². The molecule has 1 amide bonds. The zero-order valence-corrected chi connectivity index (χ0v) is 15.2. The van der Waals surface area contributed by atoms with Crippen LogP contribution < -0.4 is 10.6 Å². The number of rotatable bonds is 4. The van der Waals surface area contributed by atoms with E-state index in [4.69, 9.17) is 0 Å². The molecule has 2 N–H and O–H groups in total. The predicted octanol–water partition coefficient (Wildman–Crippen LogP) is 1.68. The van der Waals surface area contributed by atoms with Crippen molar-refractivity contribution < 1.29 is 4.79 Å². The lowest BCUT2D eigenvalue weighted by molar-refractivity contribution is -0.117. The second-order valence-electron chi connectivity index (χ2n) is 6.49. The molecule has 0 spiro atoms. The molecule has 6 heteroatoms. The van der Waals surface area contributed by atoms with Crippen LogP contribution in [0.1, 0.15) is 12.0 Å². The van der Waals surface area contributed by atoms with Gasteiger partial charge in [-0.15, -0.1) is 0 Å². The van der Waals surface area contributed by atoms with Crippen molar-refractivity contribution in [3.05, 3.63) is 28.2 Å². The maximum atomic E-state index is 12.3. The van der Waals surface area contributed by atoms with Crippen LogP contribution in [0.25, 0.3) is 0 Å². The summed E-state index contributed by atoms with van der Waals surface area (Å²) in [6, 6.07) is 6.66. The highest BCUT2D eigenvalue weighted by Gasteiger charge is 2.26. The van der Waals surface area contributed by atoms with Crippen molar-refractivity contribution in [2.24, 2.45) is 0 Å². The second-order valence-corrected chi connectivity index (χ2v) is 7.34. The van der Waals surface area contributed by atoms with Crippen molar-refractivity contribution in [1.82, 2.24) is 15.1 Å². The van der Waals surface area contributed by atoms with Crippen molar-refractivity contribution in [1.29, 1.82) is 0 Å². The SMILES string of the molecule is Cc1ccc(NC(=O)CN2CCN(C3CCNC3)CC2)c(Br)c1. The first-order valence-electron chi connectivity index (χ1n) is 8.35. The van der Waals surface area contributed by atoms with E-state index in [1.54, 1.807) is 0 Å². The highest BCUT2D eigenvalue weighted by atomic mass is 79.9. The van der Waals surface area contributed by atoms with E-state index in [-0.39, 0.29) is 5.91 Å². The lowest BCUT2D eigenvalue weighted by Crippen LogP contribution is -2.52. The third-order valence-corrected chi connectivity index (χ3v) is 5.38. The van der Waals surface area contributed by atoms with Crippen LogP contribution in [0.5, 0.6) is 0 Å². The summed E-state index contributed by atoms with van der Waals surface area (Å²) >= 11 is 3.51. The minimum atomic E-state index is 0.0607. The van der Waals surface area contributed by atoms with Gasteiger partial charge in [-0.3, -0.25) is 14.6 Å². The molecule has 2 saturated heterocycles. The van der Waals surface area contributed by atoms with Gasteiger partial charge in [0, 0.05) is 43.2 Å². The lowest BCUT2D eigenvalue weighted by atomic mass is 10.2. The number of hydrogen-bond donors (Lipinski definition) is 2. The van der Waals surface area contributed by atoms with Gasteiger partial charge >= 0.3 is 0 Å². The first kappa shape index (κ1) is 16.9. The Morgan fingerprint density at radius 1 is 1.35 bits per heavy atom. The summed E-state index contributed by atoms with van der Waals surface area (Å²) in [6.07, 6.45) is 1.25. The monoisotopic (exact) mass is 380 g/mol. The summed E-state index contributed by atoms with van der Waals surface area (Å²) in [6.45, 7) is 8.83. The van der Waals surface area contributed by atoms with E-state index in [0.29, 0.717) is 12.6 Å². The number of hydrogen-bond acceptors (Lipinski definition) is 4. The van der Waals surface area contributed by atoms with Crippen LogP contribution in [0.2, 0.25) is 0 Å². The van der Waals surface area contributed by atoms with Crippen molar-refractivity contribution in [2.75, 3.05) is 51.1 Å². The molecule has 1 aromatic rings. The molecule has 2 fully saturated rings. The quantitative estimate of drug-likeness (QED) is 0.833. The van der Waals surface area contributed by atoms with Gasteiger partial charge in [0.15, 0.2) is 0 Å². The van der Waals surface area contributed by atoms with Crippen molar-refractivity contribution >= 4 is 27.5 Å². The van der Waals surface area contributed by atoms with Crippen LogP contribution in [-0.4, -0.2) is 67.6 Å². The zero-order valence-electron chi connectivity index (χ0n) is 13.6. The molecule has 0 bridgehead atoms. The number of nitrogens with one attached hydrogen (secondary N) is 2. The maximum absolute atomic E-state index is 12.3. The Bertz CT molecular complexity index is 552. The van der Waals surface area contributed by atoms with Gasteiger partial charge in [0.05, 0.1) is 12.2 Å². The standard InChI is InChI=1S/C17H25BrN4O/c1-13-2-3-16(15(18)10-13)20-17(23)12-21-6-8-22(9-7-21)14-4-5-19-11-14/h2-3,10,14,19H,4-9,11-12H2,1H3,(H,20,23). The third-order valence-electron chi connectivity index (χ3n) is 4.72. The van der Waals surface area contributed by atoms with E-state index in [1.807, 2.05) is 25.1 Å². The van der Waals surface area contributed by atoms with Gasteiger partial charge in [-0.05, 0) is 53.5 Å². The number of benzene rings is 1. The van der Waals surface area contributed by atoms with Crippen LogP contribution in [-0.2, 0) is 4.79 Å². The first-order chi connectivity index (χ1) is 11.1. The van der Waals surface area contributed by atoms with Gasteiger partial charge in [-0.1, -0.05) is 6.07 Å². The Balaban J connectivity index is 1.45. The molecule has 3 rings (SSSR count). The van der Waals surface area contributed by atoms with E-state index in [0.717, 1.165) is 49.4 Å². The summed E-state index contributed by atoms with van der Waals surface area (Å²) in [7, 11) is 0. The number of anilines is 1. The smallest absolute Gasteiger partial charge is 0.238 e. The largest absolute Gasteiger partial charge is 0.324 e. The van der Waals surface area contributed by atoms with E-state index in [2.05, 4.69) is 36.4 Å². The van der Waals surface area contributed by atoms with Crippen LogP contribution in [0, 0.1) is 6.92 Å². The van der Waals surface area contributed by atoms with Crippen LogP contribution in [0.3, 0.4) is 0 Å². The van der Waals surface area contributed by atoms with E-state index < -0.39 is 0 Å². The van der Waals surface area contributed by atoms with Gasteiger partial charge in [0.1, 0.15) is 0 Å². The molecule has 1 unspecified atom stereocenters. The molecule has 126 valence electrons. The van der Waals surface area contributed by atoms with Gasteiger partial charge in [-0.25, -0.2) is 0 Å². The Labute approximate surface area is 146 Å². The highest BCUT2D eigenvalue weighted by Crippen LogP contribution is 2.23. The fraction of sp³-hybridized carbons (Fsp3) is 0.588. The molecule has 0 aliphatic carbocycles. The fourth-order valence-electron chi connectivity index (χ4n) is 3.35. The topological polar surface area (TPSA) is 47.6 Å². The number of piperazine rings is 1. The summed E-state index contributed by atoms with van der Waals surface area (Å²) in [5.41, 5.74) is 2.02. The zero-order chi connectivity index (χ0) is 16.2. The third kappa shape index (κ3) is 4.53. The van der Waals surface area contributed by atoms with Gasteiger partial charge in [0.25, 0.3) is 0 Å². The fourth-order valence-corrected chi connectivity index (χ4v) is 3.94. The van der Waals surface area contributed by atoms with Crippen LogP contribution >= 0.6 is 15.9 Å². The molecule has 0 saturated carbocycles. The summed E-state index contributed by atoms with van der Waals surface area (Å²) in [5.74, 6) is 0.0607. The number of nitrogens with zero attached hydrogens (tertiary/aromatic N) is 2. The summed E-state index contributed by atoms with van der Waals surface area (Å²) in [4.78, 5) is 17.1.